The Morgan fingerprint density at radius 3 is 2.54 bits per heavy atom. The van der Waals surface area contributed by atoms with Gasteiger partial charge in [-0.3, -0.25) is 14.5 Å². The first kappa shape index (κ1) is 26.8. The van der Waals surface area contributed by atoms with Gasteiger partial charge >= 0.3 is 0 Å². The molecule has 8 nitrogen and oxygen atoms in total. The molecule has 6 rings (SSSR count). The van der Waals surface area contributed by atoms with Gasteiger partial charge < -0.3 is 4.90 Å². The van der Waals surface area contributed by atoms with Crippen LogP contribution < -0.4 is 4.90 Å². The van der Waals surface area contributed by atoms with Gasteiger partial charge in [0.25, 0.3) is 0 Å². The van der Waals surface area contributed by atoms with Gasteiger partial charge in [0.15, 0.2) is 5.82 Å². The van der Waals surface area contributed by atoms with Crippen molar-refractivity contribution in [1.29, 1.82) is 0 Å². The highest BCUT2D eigenvalue weighted by Crippen LogP contribution is 2.34. The molecule has 0 aliphatic carbocycles. The van der Waals surface area contributed by atoms with Crippen molar-refractivity contribution in [2.24, 2.45) is 0 Å². The third-order valence-corrected chi connectivity index (χ3v) is 8.14. The fraction of sp³-hybridized carbons (Fsp3) is 0.344. The van der Waals surface area contributed by atoms with Crippen molar-refractivity contribution in [3.8, 4) is 17.1 Å². The van der Waals surface area contributed by atoms with Crippen molar-refractivity contribution >= 4 is 17.6 Å². The van der Waals surface area contributed by atoms with Crippen molar-refractivity contribution < 1.29 is 14.0 Å². The van der Waals surface area contributed by atoms with Crippen molar-refractivity contribution in [3.63, 3.8) is 0 Å². The molecule has 4 aromatic rings. The number of anilines is 1. The van der Waals surface area contributed by atoms with Crippen molar-refractivity contribution in [1.82, 2.24) is 24.6 Å². The maximum atomic E-state index is 14.9. The van der Waals surface area contributed by atoms with Crippen molar-refractivity contribution in [2.45, 2.75) is 58.4 Å². The van der Waals surface area contributed by atoms with Gasteiger partial charge in [0.05, 0.1) is 29.9 Å². The number of halogens is 1. The number of hydrogen-bond acceptors (Lipinski definition) is 5. The Hall–Kier alpha value is -4.40. The van der Waals surface area contributed by atoms with Crippen molar-refractivity contribution in [2.75, 3.05) is 18.0 Å². The molecule has 1 fully saturated rings. The molecule has 210 valence electrons. The second kappa shape index (κ2) is 10.9. The van der Waals surface area contributed by atoms with Crippen LogP contribution in [0.2, 0.25) is 0 Å². The average Bonchev–Trinajstić information content (AvgIpc) is 3.58. The van der Waals surface area contributed by atoms with Crippen LogP contribution in [0.4, 0.5) is 10.2 Å². The minimum absolute atomic E-state index is 0.0549. The number of benzene rings is 2. The molecular weight excluding hydrogens is 519 g/mol. The molecule has 2 aliphatic rings. The van der Waals surface area contributed by atoms with E-state index in [4.69, 9.17) is 10.1 Å². The summed E-state index contributed by atoms with van der Waals surface area (Å²) in [5, 5.41) is 4.81. The van der Waals surface area contributed by atoms with E-state index < -0.39 is 0 Å². The van der Waals surface area contributed by atoms with E-state index in [1.54, 1.807) is 24.1 Å². The third-order valence-electron chi connectivity index (χ3n) is 8.14. The number of piperidine rings is 1. The molecule has 2 aromatic heterocycles. The van der Waals surface area contributed by atoms with Crippen LogP contribution in [0.1, 0.15) is 67.8 Å². The molecule has 0 radical (unpaired) electrons. The van der Waals surface area contributed by atoms with Crippen LogP contribution in [-0.2, 0) is 22.6 Å². The normalized spacial score (nSPS) is 15.6. The van der Waals surface area contributed by atoms with Crippen LogP contribution in [-0.4, -0.2) is 49.6 Å². The zero-order valence-electron chi connectivity index (χ0n) is 23.5. The Labute approximate surface area is 238 Å². The second-order valence-corrected chi connectivity index (χ2v) is 11.2. The maximum Gasteiger partial charge on any atom is 0.233 e. The molecule has 4 heterocycles. The number of likely N-dealkylation sites (tertiary alicyclic amines) is 1. The zero-order chi connectivity index (χ0) is 28.7. The SMILES string of the molecule is CC(=O)N1CCC(c2ccn(-c3ccc(CN4C(=O)Cc5cnc(-c6c(F)cccc6C(C)C)nc54)cc3)n2)CC1. The molecule has 2 aromatic carbocycles. The molecule has 0 spiro atoms. The number of amides is 2. The Bertz CT molecular complexity index is 1600. The van der Waals surface area contributed by atoms with Crippen LogP contribution in [0.5, 0.6) is 0 Å². The van der Waals surface area contributed by atoms with E-state index in [1.165, 1.54) is 6.07 Å². The molecule has 1 saturated heterocycles. The number of carbonyl (C=O) groups is 2. The summed E-state index contributed by atoms with van der Waals surface area (Å²) in [7, 11) is 0. The number of fused-ring (bicyclic) bond motifs is 1. The Balaban J connectivity index is 1.19. The van der Waals surface area contributed by atoms with Gasteiger partial charge in [-0.05, 0) is 54.2 Å². The van der Waals surface area contributed by atoms with Gasteiger partial charge in [-0.25, -0.2) is 19.0 Å². The highest BCUT2D eigenvalue weighted by atomic mass is 19.1. The van der Waals surface area contributed by atoms with Crippen LogP contribution in [0, 0.1) is 5.82 Å². The number of rotatable bonds is 6. The van der Waals surface area contributed by atoms with E-state index in [0.717, 1.165) is 54.0 Å². The number of hydrogen-bond donors (Lipinski definition) is 0. The fourth-order valence-electron chi connectivity index (χ4n) is 5.80. The molecule has 41 heavy (non-hydrogen) atoms. The summed E-state index contributed by atoms with van der Waals surface area (Å²) in [4.78, 5) is 37.3. The van der Waals surface area contributed by atoms with E-state index in [2.05, 4.69) is 11.1 Å². The minimum Gasteiger partial charge on any atom is -0.343 e. The standard InChI is InChI=1S/C32H33FN6O2/c1-20(2)26-5-4-6-27(33)30(26)31-34-18-24-17-29(41)38(32(24)35-31)19-22-7-9-25(10-8-22)39-16-13-28(36-39)23-11-14-37(15-12-23)21(3)40/h4-10,13,16,18,20,23H,11-12,14-15,17,19H2,1-3H3. The zero-order valence-corrected chi connectivity index (χ0v) is 23.5. The van der Waals surface area contributed by atoms with Crippen molar-refractivity contribution in [3.05, 3.63) is 89.1 Å². The molecule has 2 aliphatic heterocycles. The summed E-state index contributed by atoms with van der Waals surface area (Å²) < 4.78 is 16.8. The van der Waals surface area contributed by atoms with Gasteiger partial charge in [0.1, 0.15) is 11.6 Å². The third kappa shape index (κ3) is 5.24. The summed E-state index contributed by atoms with van der Waals surface area (Å²) in [5.41, 5.74) is 4.89. The topological polar surface area (TPSA) is 84.2 Å². The number of nitrogens with zero attached hydrogens (tertiary/aromatic N) is 6. The molecule has 9 heteroatoms. The minimum atomic E-state index is -0.370. The van der Waals surface area contributed by atoms with E-state index >= 15 is 0 Å². The van der Waals surface area contributed by atoms with Crippen LogP contribution in [0.3, 0.4) is 0 Å². The van der Waals surface area contributed by atoms with Gasteiger partial charge in [0, 0.05) is 43.9 Å². The summed E-state index contributed by atoms with van der Waals surface area (Å²) in [5.74, 6) is 0.981. The second-order valence-electron chi connectivity index (χ2n) is 11.2. The lowest BCUT2D eigenvalue weighted by Gasteiger charge is -2.30. The molecule has 0 unspecified atom stereocenters. The quantitative estimate of drug-likeness (QED) is 0.320. The van der Waals surface area contributed by atoms with Crippen LogP contribution in [0.15, 0.2) is 60.9 Å². The highest BCUT2D eigenvalue weighted by molar-refractivity contribution is 6.00. The lowest BCUT2D eigenvalue weighted by molar-refractivity contribution is -0.129. The lowest BCUT2D eigenvalue weighted by atomic mass is 9.94. The first-order chi connectivity index (χ1) is 19.8. The summed E-state index contributed by atoms with van der Waals surface area (Å²) in [6.45, 7) is 7.53. The van der Waals surface area contributed by atoms with Gasteiger partial charge in [0.2, 0.25) is 11.8 Å². The van der Waals surface area contributed by atoms with Crippen LogP contribution >= 0.6 is 0 Å². The molecule has 0 saturated carbocycles. The summed E-state index contributed by atoms with van der Waals surface area (Å²) in [6.07, 6.45) is 5.68. The van der Waals surface area contributed by atoms with Gasteiger partial charge in [-0.1, -0.05) is 38.1 Å². The van der Waals surface area contributed by atoms with E-state index in [1.807, 2.05) is 60.0 Å². The molecular formula is C32H33FN6O2. The average molecular weight is 553 g/mol. The smallest absolute Gasteiger partial charge is 0.233 e. The molecule has 2 amide bonds. The maximum absolute atomic E-state index is 14.9. The van der Waals surface area contributed by atoms with Crippen LogP contribution in [0.25, 0.3) is 17.1 Å². The number of aromatic nitrogens is 4. The first-order valence-corrected chi connectivity index (χ1v) is 14.1. The summed E-state index contributed by atoms with van der Waals surface area (Å²) in [6, 6.07) is 15.0. The number of carbonyl (C=O) groups excluding carboxylic acids is 2. The van der Waals surface area contributed by atoms with E-state index in [-0.39, 0.29) is 30.0 Å². The van der Waals surface area contributed by atoms with Gasteiger partial charge in [-0.15, -0.1) is 0 Å². The van der Waals surface area contributed by atoms with E-state index in [0.29, 0.717) is 29.7 Å². The summed E-state index contributed by atoms with van der Waals surface area (Å²) >= 11 is 0. The largest absolute Gasteiger partial charge is 0.343 e. The first-order valence-electron chi connectivity index (χ1n) is 14.1. The predicted octanol–water partition coefficient (Wildman–Crippen LogP) is 5.41. The molecule has 0 atom stereocenters. The Kier molecular flexibility index (Phi) is 7.11. The van der Waals surface area contributed by atoms with E-state index in [9.17, 15) is 14.0 Å². The van der Waals surface area contributed by atoms with Gasteiger partial charge in [-0.2, -0.15) is 5.10 Å². The monoisotopic (exact) mass is 552 g/mol. The molecule has 0 bridgehead atoms. The molecule has 0 N–H and O–H groups in total. The fourth-order valence-corrected chi connectivity index (χ4v) is 5.80. The highest BCUT2D eigenvalue weighted by Gasteiger charge is 2.31. The Morgan fingerprint density at radius 1 is 1.07 bits per heavy atom. The predicted molar refractivity (Wildman–Crippen MR) is 154 cm³/mol. The Morgan fingerprint density at radius 2 is 1.83 bits per heavy atom. The lowest BCUT2D eigenvalue weighted by Crippen LogP contribution is -2.36.